The van der Waals surface area contributed by atoms with Gasteiger partial charge in [0.25, 0.3) is 0 Å². The van der Waals surface area contributed by atoms with Crippen LogP contribution in [0.2, 0.25) is 0 Å². The molecule has 4 nitrogen and oxygen atoms in total. The molecule has 4 heteroatoms. The minimum absolute atomic E-state index is 0.818. The highest BCUT2D eigenvalue weighted by Crippen LogP contribution is 2.29. The van der Waals surface area contributed by atoms with Gasteiger partial charge in [0.1, 0.15) is 11.6 Å². The van der Waals surface area contributed by atoms with Crippen LogP contribution in [-0.4, -0.2) is 30.7 Å². The van der Waals surface area contributed by atoms with Crippen molar-refractivity contribution in [1.82, 2.24) is 15.3 Å². The van der Waals surface area contributed by atoms with Gasteiger partial charge >= 0.3 is 0 Å². The minimum Gasteiger partial charge on any atom is -0.496 e. The fourth-order valence-corrected chi connectivity index (χ4v) is 1.93. The van der Waals surface area contributed by atoms with Gasteiger partial charge in [-0.15, -0.1) is 0 Å². The molecule has 0 saturated carbocycles. The Morgan fingerprint density at radius 2 is 2.11 bits per heavy atom. The molecule has 0 aliphatic carbocycles. The van der Waals surface area contributed by atoms with Crippen molar-refractivity contribution in [3.8, 4) is 17.0 Å². The molecule has 0 amide bonds. The lowest BCUT2D eigenvalue weighted by molar-refractivity contribution is 0.416. The predicted molar refractivity (Wildman–Crippen MR) is 76.4 cm³/mol. The molecule has 0 unspecified atom stereocenters. The van der Waals surface area contributed by atoms with Crippen molar-refractivity contribution in [1.29, 1.82) is 0 Å². The number of nitrogens with zero attached hydrogens (tertiary/aromatic N) is 2. The lowest BCUT2D eigenvalue weighted by Crippen LogP contribution is -2.12. The maximum absolute atomic E-state index is 5.40. The van der Waals surface area contributed by atoms with Crippen molar-refractivity contribution in [2.75, 3.05) is 20.7 Å². The van der Waals surface area contributed by atoms with Crippen LogP contribution >= 0.6 is 0 Å². The van der Waals surface area contributed by atoms with E-state index >= 15 is 0 Å². The normalized spacial score (nSPS) is 10.5. The number of methoxy groups -OCH3 is 1. The van der Waals surface area contributed by atoms with Crippen LogP contribution in [0.5, 0.6) is 5.75 Å². The Morgan fingerprint density at radius 3 is 2.84 bits per heavy atom. The quantitative estimate of drug-likeness (QED) is 0.892. The van der Waals surface area contributed by atoms with Crippen LogP contribution in [0.4, 0.5) is 0 Å². The van der Waals surface area contributed by atoms with E-state index in [-0.39, 0.29) is 0 Å². The van der Waals surface area contributed by atoms with Gasteiger partial charge in [-0.3, -0.25) is 0 Å². The second kappa shape index (κ2) is 6.29. The fraction of sp³-hybridized carbons (Fsp3) is 0.333. The zero-order chi connectivity index (χ0) is 13.7. The number of likely N-dealkylation sites (N-methyl/N-ethyl adjacent to an activating group) is 1. The van der Waals surface area contributed by atoms with E-state index in [1.165, 1.54) is 5.56 Å². The van der Waals surface area contributed by atoms with E-state index in [0.717, 1.165) is 35.8 Å². The smallest absolute Gasteiger partial charge is 0.130 e. The van der Waals surface area contributed by atoms with Crippen LogP contribution in [0.15, 0.2) is 30.5 Å². The Hall–Kier alpha value is -1.94. The Balaban J connectivity index is 2.38. The summed E-state index contributed by atoms with van der Waals surface area (Å²) in [4.78, 5) is 8.89. The molecule has 0 aliphatic rings. The number of rotatable bonds is 5. The highest BCUT2D eigenvalue weighted by molar-refractivity contribution is 5.67. The molecule has 0 bridgehead atoms. The van der Waals surface area contributed by atoms with E-state index in [2.05, 4.69) is 28.3 Å². The van der Waals surface area contributed by atoms with Gasteiger partial charge in [-0.2, -0.15) is 0 Å². The van der Waals surface area contributed by atoms with Crippen molar-refractivity contribution in [3.63, 3.8) is 0 Å². The zero-order valence-electron chi connectivity index (χ0n) is 11.6. The molecule has 2 rings (SSSR count). The lowest BCUT2D eigenvalue weighted by Gasteiger charge is -2.09. The molecule has 1 heterocycles. The van der Waals surface area contributed by atoms with Crippen molar-refractivity contribution < 1.29 is 4.74 Å². The minimum atomic E-state index is 0.818. The summed E-state index contributed by atoms with van der Waals surface area (Å²) in [6.45, 7) is 2.93. The van der Waals surface area contributed by atoms with E-state index in [4.69, 9.17) is 4.74 Å². The first-order valence-electron chi connectivity index (χ1n) is 6.36. The molecule has 1 N–H and O–H groups in total. The van der Waals surface area contributed by atoms with E-state index in [0.29, 0.717) is 0 Å². The molecule has 0 saturated heterocycles. The first-order chi connectivity index (χ1) is 9.24. The fourth-order valence-electron chi connectivity index (χ4n) is 1.93. The van der Waals surface area contributed by atoms with E-state index in [1.807, 2.05) is 25.2 Å². The number of aryl methyl sites for hydroxylation is 1. The van der Waals surface area contributed by atoms with Crippen molar-refractivity contribution in [3.05, 3.63) is 41.9 Å². The van der Waals surface area contributed by atoms with Gasteiger partial charge in [0, 0.05) is 24.7 Å². The van der Waals surface area contributed by atoms with Gasteiger partial charge in [-0.05, 0) is 32.2 Å². The molecule has 0 fully saturated rings. The van der Waals surface area contributed by atoms with Gasteiger partial charge in [-0.1, -0.05) is 11.6 Å². The molecule has 2 aromatic rings. The summed E-state index contributed by atoms with van der Waals surface area (Å²) in [5.41, 5.74) is 3.10. The van der Waals surface area contributed by atoms with Gasteiger partial charge < -0.3 is 10.1 Å². The highest BCUT2D eigenvalue weighted by Gasteiger charge is 2.08. The summed E-state index contributed by atoms with van der Waals surface area (Å²) in [5, 5.41) is 3.10. The van der Waals surface area contributed by atoms with Crippen LogP contribution < -0.4 is 10.1 Å². The summed E-state index contributed by atoms with van der Waals surface area (Å²) in [7, 11) is 3.60. The van der Waals surface area contributed by atoms with Gasteiger partial charge in [0.05, 0.1) is 12.8 Å². The van der Waals surface area contributed by atoms with Crippen LogP contribution in [0, 0.1) is 6.92 Å². The summed E-state index contributed by atoms with van der Waals surface area (Å²) in [6, 6.07) is 8.01. The zero-order valence-corrected chi connectivity index (χ0v) is 11.6. The number of ether oxygens (including phenoxy) is 1. The average Bonchev–Trinajstić information content (AvgIpc) is 2.45. The molecule has 0 spiro atoms. The molecule has 0 radical (unpaired) electrons. The average molecular weight is 257 g/mol. The second-order valence-electron chi connectivity index (χ2n) is 4.42. The van der Waals surface area contributed by atoms with E-state index < -0.39 is 0 Å². The third-order valence-corrected chi connectivity index (χ3v) is 2.94. The van der Waals surface area contributed by atoms with Crippen LogP contribution in [-0.2, 0) is 6.42 Å². The summed E-state index contributed by atoms with van der Waals surface area (Å²) in [6.07, 6.45) is 2.62. The standard InChI is InChI=1S/C15H19N3O/c1-11-4-5-14(19-3)12(10-11)13-6-9-17-15(18-13)7-8-16-2/h4-6,9-10,16H,7-8H2,1-3H3. The lowest BCUT2D eigenvalue weighted by atomic mass is 10.1. The third kappa shape index (κ3) is 3.29. The number of nitrogens with one attached hydrogen (secondary N) is 1. The van der Waals surface area contributed by atoms with Gasteiger partial charge in [0.2, 0.25) is 0 Å². The molecular formula is C15H19N3O. The SMILES string of the molecule is CNCCc1nccc(-c2cc(C)ccc2OC)n1. The maximum atomic E-state index is 5.40. The van der Waals surface area contributed by atoms with Gasteiger partial charge in [0.15, 0.2) is 0 Å². The van der Waals surface area contributed by atoms with E-state index in [9.17, 15) is 0 Å². The van der Waals surface area contributed by atoms with Crippen molar-refractivity contribution in [2.24, 2.45) is 0 Å². The molecule has 19 heavy (non-hydrogen) atoms. The number of hydrogen-bond donors (Lipinski definition) is 1. The Bertz CT molecular complexity index is 555. The first-order valence-corrected chi connectivity index (χ1v) is 6.36. The van der Waals surface area contributed by atoms with Crippen molar-refractivity contribution >= 4 is 0 Å². The monoisotopic (exact) mass is 257 g/mol. The molecule has 0 aliphatic heterocycles. The molecule has 100 valence electrons. The van der Waals surface area contributed by atoms with E-state index in [1.54, 1.807) is 13.3 Å². The van der Waals surface area contributed by atoms with Crippen LogP contribution in [0.1, 0.15) is 11.4 Å². The molecule has 0 atom stereocenters. The topological polar surface area (TPSA) is 47.0 Å². The summed E-state index contributed by atoms with van der Waals surface area (Å²) in [5.74, 6) is 1.68. The summed E-state index contributed by atoms with van der Waals surface area (Å²) >= 11 is 0. The van der Waals surface area contributed by atoms with Gasteiger partial charge in [-0.25, -0.2) is 9.97 Å². The largest absolute Gasteiger partial charge is 0.496 e. The highest BCUT2D eigenvalue weighted by atomic mass is 16.5. The van der Waals surface area contributed by atoms with Crippen molar-refractivity contribution in [2.45, 2.75) is 13.3 Å². The molecular weight excluding hydrogens is 238 g/mol. The third-order valence-electron chi connectivity index (χ3n) is 2.94. The number of hydrogen-bond acceptors (Lipinski definition) is 4. The predicted octanol–water partition coefficient (Wildman–Crippen LogP) is 2.22. The molecule has 1 aromatic carbocycles. The Kier molecular flexibility index (Phi) is 4.47. The van der Waals surface area contributed by atoms with Crippen LogP contribution in [0.3, 0.4) is 0 Å². The van der Waals surface area contributed by atoms with Crippen LogP contribution in [0.25, 0.3) is 11.3 Å². The number of benzene rings is 1. The Labute approximate surface area is 113 Å². The number of aromatic nitrogens is 2. The first kappa shape index (κ1) is 13.5. The maximum Gasteiger partial charge on any atom is 0.130 e. The molecule has 1 aromatic heterocycles. The second-order valence-corrected chi connectivity index (χ2v) is 4.42. The summed E-state index contributed by atoms with van der Waals surface area (Å²) < 4.78 is 5.40. The Morgan fingerprint density at radius 1 is 1.26 bits per heavy atom.